The summed E-state index contributed by atoms with van der Waals surface area (Å²) < 4.78 is 47.9. The molecule has 0 radical (unpaired) electrons. The van der Waals surface area contributed by atoms with Crippen LogP contribution >= 0.6 is 0 Å². The minimum absolute atomic E-state index is 0.0124. The summed E-state index contributed by atoms with van der Waals surface area (Å²) in [6, 6.07) is 2.59. The van der Waals surface area contributed by atoms with Gasteiger partial charge in [0.05, 0.1) is 20.1 Å². The van der Waals surface area contributed by atoms with E-state index in [2.05, 4.69) is 15.5 Å². The summed E-state index contributed by atoms with van der Waals surface area (Å²) in [5.41, 5.74) is 2.11. The Morgan fingerprint density at radius 1 is 1.18 bits per heavy atom. The summed E-state index contributed by atoms with van der Waals surface area (Å²) in [6.07, 6.45) is -0.129. The summed E-state index contributed by atoms with van der Waals surface area (Å²) in [7, 11) is 0. The highest BCUT2D eigenvalue weighted by Crippen LogP contribution is 2.32. The average molecular weight is 454 g/mol. The number of fused-ring (bicyclic) bond motifs is 1. The van der Waals surface area contributed by atoms with E-state index in [1.165, 1.54) is 0 Å². The molecule has 5 rings (SSSR count). The number of morpholine rings is 1. The number of hydrogen-bond donors (Lipinski definition) is 2. The maximum atomic E-state index is 13.2. The van der Waals surface area contributed by atoms with Crippen LogP contribution in [0.2, 0.25) is 0 Å². The van der Waals surface area contributed by atoms with Crippen molar-refractivity contribution >= 4 is 23.4 Å². The lowest BCUT2D eigenvalue weighted by molar-refractivity contribution is -0.136. The Hall–Kier alpha value is -3.23. The highest BCUT2D eigenvalue weighted by Gasteiger charge is 2.39. The maximum absolute atomic E-state index is 13.2. The molecule has 3 aliphatic rings. The Kier molecular flexibility index (Phi) is 4.63. The van der Waals surface area contributed by atoms with Crippen molar-refractivity contribution in [2.24, 2.45) is 0 Å². The number of nitrogens with zero attached hydrogens (tertiary/aromatic N) is 2. The number of benzene rings is 2. The predicted molar refractivity (Wildman–Crippen MR) is 122 cm³/mol. The number of hydrogen-bond acceptors (Lipinski definition) is 6. The first-order valence-electron chi connectivity index (χ1n) is 13.5. The molecule has 2 aromatic carbocycles. The Bertz CT molecular complexity index is 1330. The van der Waals surface area contributed by atoms with Crippen molar-refractivity contribution in [1.29, 1.82) is 0 Å². The molecule has 2 aromatic rings. The number of rotatable bonds is 6. The van der Waals surface area contributed by atoms with Crippen molar-refractivity contribution in [3.05, 3.63) is 64.6 Å². The summed E-state index contributed by atoms with van der Waals surface area (Å²) in [5.74, 6) is -1.78. The normalized spacial score (nSPS) is 25.5. The minimum Gasteiger partial charge on any atom is -0.381 e. The fourth-order valence-corrected chi connectivity index (χ4v) is 4.34. The average Bonchev–Trinajstić information content (AvgIpc) is 3.26. The van der Waals surface area contributed by atoms with Gasteiger partial charge in [0.25, 0.3) is 5.91 Å². The van der Waals surface area contributed by atoms with Gasteiger partial charge in [-0.25, -0.2) is 0 Å². The Morgan fingerprint density at radius 2 is 2.00 bits per heavy atom. The first kappa shape index (κ1) is 16.4. The Labute approximate surface area is 199 Å². The first-order chi connectivity index (χ1) is 18.1. The second-order valence-electron chi connectivity index (χ2n) is 8.25. The number of carbonyl (C=O) groups excluding carboxylic acids is 3. The molecule has 1 unspecified atom stereocenters. The zero-order chi connectivity index (χ0) is 27.2. The van der Waals surface area contributed by atoms with E-state index < -0.39 is 23.7 Å². The van der Waals surface area contributed by atoms with Crippen LogP contribution in [0.15, 0.2) is 42.4 Å². The third-order valence-electron chi connectivity index (χ3n) is 6.07. The molecule has 0 saturated carbocycles. The molecule has 3 amide bonds. The van der Waals surface area contributed by atoms with Gasteiger partial charge in [0, 0.05) is 56.0 Å². The second kappa shape index (κ2) is 9.33. The first-order valence-corrected chi connectivity index (χ1v) is 11.0. The van der Waals surface area contributed by atoms with Crippen molar-refractivity contribution in [2.75, 3.05) is 31.6 Å². The van der Waals surface area contributed by atoms with Gasteiger partial charge in [-0.05, 0) is 29.7 Å². The van der Waals surface area contributed by atoms with E-state index in [9.17, 15) is 14.4 Å². The Morgan fingerprint density at radius 3 is 2.82 bits per heavy atom. The summed E-state index contributed by atoms with van der Waals surface area (Å²) >= 11 is 0. The molecular formula is C25H28N4O4. The topological polar surface area (TPSA) is 91.0 Å². The second-order valence-corrected chi connectivity index (χ2v) is 8.25. The molecule has 2 fully saturated rings. The zero-order valence-corrected chi connectivity index (χ0v) is 18.1. The largest absolute Gasteiger partial charge is 0.381 e. The van der Waals surface area contributed by atoms with Gasteiger partial charge in [-0.15, -0.1) is 0 Å². The molecule has 33 heavy (non-hydrogen) atoms. The van der Waals surface area contributed by atoms with Crippen LogP contribution in [0.1, 0.15) is 46.7 Å². The lowest BCUT2D eigenvalue weighted by atomic mass is 10.0. The number of ether oxygens (including phenoxy) is 1. The number of carbonyl (C=O) groups is 3. The fourth-order valence-electron chi connectivity index (χ4n) is 4.34. The van der Waals surface area contributed by atoms with Gasteiger partial charge in [-0.3, -0.25) is 24.6 Å². The molecule has 3 heterocycles. The number of imide groups is 1. The predicted octanol–water partition coefficient (Wildman–Crippen LogP) is 1.89. The van der Waals surface area contributed by atoms with Crippen LogP contribution in [-0.4, -0.2) is 59.8 Å². The highest BCUT2D eigenvalue weighted by molar-refractivity contribution is 6.06. The molecule has 3 aliphatic heterocycles. The van der Waals surface area contributed by atoms with Crippen molar-refractivity contribution in [1.82, 2.24) is 15.1 Å². The van der Waals surface area contributed by atoms with E-state index in [0.29, 0.717) is 55.2 Å². The van der Waals surface area contributed by atoms with Crippen molar-refractivity contribution in [2.45, 2.75) is 38.5 Å². The molecular weight excluding hydrogens is 420 g/mol. The highest BCUT2D eigenvalue weighted by atomic mass is 16.5. The molecule has 0 aromatic heterocycles. The van der Waals surface area contributed by atoms with Crippen LogP contribution in [0.3, 0.4) is 0 Å². The van der Waals surface area contributed by atoms with Crippen LogP contribution in [0, 0.1) is 0 Å². The third kappa shape index (κ3) is 4.62. The molecule has 0 bridgehead atoms. The van der Waals surface area contributed by atoms with Crippen molar-refractivity contribution in [3.63, 3.8) is 0 Å². The van der Waals surface area contributed by atoms with E-state index in [0.717, 1.165) is 4.90 Å². The third-order valence-corrected chi connectivity index (χ3v) is 6.07. The number of amides is 3. The standard InChI is InChI=1S/C25H28N4O4/c30-23-8-7-22(24(31)27-23)29-16-20-19(25(29)32)5-2-6-21(20)26-14-17-3-1-4-18(13-17)15-28-9-11-33-12-10-28/h1-6,13,22,26H,7-12,14-16H2,(H,27,30,31)/i1D,3D,4D,13D,22D. The van der Waals surface area contributed by atoms with Crippen LogP contribution < -0.4 is 10.6 Å². The molecule has 172 valence electrons. The summed E-state index contributed by atoms with van der Waals surface area (Å²) in [6.45, 7) is 2.77. The van der Waals surface area contributed by atoms with Gasteiger partial charge >= 0.3 is 0 Å². The van der Waals surface area contributed by atoms with Gasteiger partial charge < -0.3 is 15.0 Å². The minimum atomic E-state index is -1.90. The molecule has 8 heteroatoms. The molecule has 2 saturated heterocycles. The van der Waals surface area contributed by atoms with Crippen LogP contribution in [0.25, 0.3) is 0 Å². The summed E-state index contributed by atoms with van der Waals surface area (Å²) in [5, 5.41) is 5.33. The van der Waals surface area contributed by atoms with Crippen LogP contribution in [0.4, 0.5) is 5.69 Å². The van der Waals surface area contributed by atoms with Crippen LogP contribution in [0.5, 0.6) is 0 Å². The van der Waals surface area contributed by atoms with E-state index in [1.54, 1.807) is 18.2 Å². The SMILES string of the molecule is [2H]c1c([2H])c(CNc2cccc3c2CN(C2([2H])CCC(=O)NC2=O)C3=O)c([2H])c(CN2CCOCC2)c1[2H]. The smallest absolute Gasteiger partial charge is 0.255 e. The fraction of sp³-hybridized carbons (Fsp3) is 0.400. The zero-order valence-electron chi connectivity index (χ0n) is 23.1. The number of nitrogens with one attached hydrogen (secondary N) is 2. The van der Waals surface area contributed by atoms with Gasteiger partial charge in [-0.2, -0.15) is 0 Å². The molecule has 1 atom stereocenters. The molecule has 2 N–H and O–H groups in total. The number of piperidine rings is 1. The van der Waals surface area contributed by atoms with Gasteiger partial charge in [0.15, 0.2) is 0 Å². The monoisotopic (exact) mass is 453 g/mol. The Balaban J connectivity index is 1.40. The van der Waals surface area contributed by atoms with Crippen molar-refractivity contribution < 1.29 is 26.0 Å². The van der Waals surface area contributed by atoms with E-state index in [1.807, 2.05) is 0 Å². The van der Waals surface area contributed by atoms with E-state index in [4.69, 9.17) is 11.6 Å². The van der Waals surface area contributed by atoms with Gasteiger partial charge in [0.2, 0.25) is 11.8 Å². The van der Waals surface area contributed by atoms with Crippen molar-refractivity contribution in [3.8, 4) is 0 Å². The lowest BCUT2D eigenvalue weighted by Gasteiger charge is -2.29. The maximum Gasteiger partial charge on any atom is 0.255 e. The number of anilines is 1. The molecule has 0 spiro atoms. The molecule has 0 aliphatic carbocycles. The van der Waals surface area contributed by atoms with E-state index >= 15 is 0 Å². The lowest BCUT2D eigenvalue weighted by Crippen LogP contribution is -2.52. The quantitative estimate of drug-likeness (QED) is 0.650. The molecule has 8 nitrogen and oxygen atoms in total. The van der Waals surface area contributed by atoms with Gasteiger partial charge in [-0.1, -0.05) is 30.2 Å². The van der Waals surface area contributed by atoms with E-state index in [-0.39, 0.29) is 55.7 Å². The van der Waals surface area contributed by atoms with Crippen LogP contribution in [-0.2, 0) is 34.0 Å². The van der Waals surface area contributed by atoms with Gasteiger partial charge in [0.1, 0.15) is 6.02 Å². The summed E-state index contributed by atoms with van der Waals surface area (Å²) in [4.78, 5) is 40.5.